The minimum atomic E-state index is -0.211. The van der Waals surface area contributed by atoms with Gasteiger partial charge in [0.05, 0.1) is 5.60 Å². The summed E-state index contributed by atoms with van der Waals surface area (Å²) in [4.78, 5) is 5.48. The first-order valence-corrected chi connectivity index (χ1v) is 7.86. The van der Waals surface area contributed by atoms with Crippen molar-refractivity contribution in [1.82, 2.24) is 10.6 Å². The van der Waals surface area contributed by atoms with Gasteiger partial charge in [0.25, 0.3) is 0 Å². The summed E-state index contributed by atoms with van der Waals surface area (Å²) in [5, 5.41) is 6.56. The third kappa shape index (κ3) is 7.92. The summed E-state index contributed by atoms with van der Waals surface area (Å²) in [5.74, 6) is 0.782. The topological polar surface area (TPSA) is 45.7 Å². The van der Waals surface area contributed by atoms with Gasteiger partial charge in [-0.15, -0.1) is 35.7 Å². The lowest BCUT2D eigenvalue weighted by atomic mass is 10.1. The summed E-state index contributed by atoms with van der Waals surface area (Å²) in [7, 11) is 3.48. The number of hydrogen-bond acceptors (Lipinski definition) is 3. The monoisotopic (exact) mass is 423 g/mol. The molecular formula is C15H26IN3OS. The minimum absolute atomic E-state index is 0. The maximum Gasteiger partial charge on any atom is 0.191 e. The first kappa shape index (κ1) is 20.5. The average Bonchev–Trinajstić information content (AvgIpc) is 2.48. The number of ether oxygens (including phenoxy) is 1. The van der Waals surface area contributed by atoms with Crippen LogP contribution in [0.4, 0.5) is 0 Å². The standard InChI is InChI=1S/C15H25N3OS.HI/c1-15(2,19-4)11-18-14(16-3)17-10-12-6-8-13(20-5)9-7-12;/h6-9H,10-11H2,1-5H3,(H2,16,17,18);1H. The molecular weight excluding hydrogens is 397 g/mol. The van der Waals surface area contributed by atoms with Gasteiger partial charge in [-0.3, -0.25) is 4.99 Å². The fourth-order valence-corrected chi connectivity index (χ4v) is 1.93. The van der Waals surface area contributed by atoms with Gasteiger partial charge in [-0.05, 0) is 37.8 Å². The molecule has 21 heavy (non-hydrogen) atoms. The molecule has 0 aliphatic carbocycles. The fraction of sp³-hybridized carbons (Fsp3) is 0.533. The van der Waals surface area contributed by atoms with Crippen molar-refractivity contribution >= 4 is 41.7 Å². The maximum atomic E-state index is 5.37. The number of guanidine groups is 1. The van der Waals surface area contributed by atoms with Gasteiger partial charge in [0, 0.05) is 32.1 Å². The van der Waals surface area contributed by atoms with Crippen LogP contribution in [0.15, 0.2) is 34.2 Å². The molecule has 1 rings (SSSR count). The normalized spacial score (nSPS) is 11.8. The smallest absolute Gasteiger partial charge is 0.191 e. The molecule has 0 unspecified atom stereocenters. The molecule has 1 aromatic carbocycles. The van der Waals surface area contributed by atoms with Crippen LogP contribution in [0.1, 0.15) is 19.4 Å². The van der Waals surface area contributed by atoms with Crippen LogP contribution in [0.2, 0.25) is 0 Å². The molecule has 0 saturated carbocycles. The van der Waals surface area contributed by atoms with Gasteiger partial charge in [0.2, 0.25) is 0 Å². The van der Waals surface area contributed by atoms with Crippen molar-refractivity contribution in [3.8, 4) is 0 Å². The van der Waals surface area contributed by atoms with Crippen LogP contribution < -0.4 is 10.6 Å². The highest BCUT2D eigenvalue weighted by Crippen LogP contribution is 2.14. The Balaban J connectivity index is 0.00000400. The molecule has 0 fully saturated rings. The molecule has 6 heteroatoms. The molecule has 0 aromatic heterocycles. The molecule has 0 spiro atoms. The van der Waals surface area contributed by atoms with Crippen LogP contribution in [0.25, 0.3) is 0 Å². The molecule has 2 N–H and O–H groups in total. The Morgan fingerprint density at radius 3 is 2.33 bits per heavy atom. The molecule has 0 amide bonds. The Morgan fingerprint density at radius 1 is 1.24 bits per heavy atom. The number of methoxy groups -OCH3 is 1. The van der Waals surface area contributed by atoms with E-state index in [-0.39, 0.29) is 29.6 Å². The Labute approximate surface area is 149 Å². The molecule has 0 bridgehead atoms. The SMILES string of the molecule is CN=C(NCc1ccc(SC)cc1)NCC(C)(C)OC.I. The zero-order valence-corrected chi connectivity index (χ0v) is 16.5. The zero-order valence-electron chi connectivity index (χ0n) is 13.4. The molecule has 0 atom stereocenters. The average molecular weight is 423 g/mol. The Bertz CT molecular complexity index is 435. The van der Waals surface area contributed by atoms with Gasteiger partial charge < -0.3 is 15.4 Å². The third-order valence-electron chi connectivity index (χ3n) is 3.08. The highest BCUT2D eigenvalue weighted by molar-refractivity contribution is 14.0. The maximum absolute atomic E-state index is 5.37. The lowest BCUT2D eigenvalue weighted by Gasteiger charge is -2.24. The van der Waals surface area contributed by atoms with E-state index < -0.39 is 0 Å². The molecule has 0 radical (unpaired) electrons. The Kier molecular flexibility index (Phi) is 10.1. The van der Waals surface area contributed by atoms with Crippen molar-refractivity contribution in [2.75, 3.05) is 27.0 Å². The number of benzene rings is 1. The van der Waals surface area contributed by atoms with Gasteiger partial charge in [-0.2, -0.15) is 0 Å². The molecule has 0 heterocycles. The Morgan fingerprint density at radius 2 is 1.86 bits per heavy atom. The number of nitrogens with zero attached hydrogens (tertiary/aromatic N) is 1. The van der Waals surface area contributed by atoms with Crippen LogP contribution in [-0.4, -0.2) is 38.5 Å². The van der Waals surface area contributed by atoms with E-state index in [1.807, 2.05) is 13.8 Å². The summed E-state index contributed by atoms with van der Waals surface area (Å²) < 4.78 is 5.37. The lowest BCUT2D eigenvalue weighted by molar-refractivity contribution is 0.0268. The van der Waals surface area contributed by atoms with Crippen LogP contribution in [-0.2, 0) is 11.3 Å². The highest BCUT2D eigenvalue weighted by Gasteiger charge is 2.16. The van der Waals surface area contributed by atoms with Crippen molar-refractivity contribution in [1.29, 1.82) is 0 Å². The molecule has 1 aromatic rings. The third-order valence-corrected chi connectivity index (χ3v) is 3.82. The minimum Gasteiger partial charge on any atom is -0.377 e. The second-order valence-electron chi connectivity index (χ2n) is 5.09. The van der Waals surface area contributed by atoms with Crippen LogP contribution in [0.3, 0.4) is 0 Å². The number of thioether (sulfide) groups is 1. The summed E-state index contributed by atoms with van der Waals surface area (Å²) in [6.07, 6.45) is 2.08. The zero-order chi connectivity index (χ0) is 15.0. The van der Waals surface area contributed by atoms with E-state index >= 15 is 0 Å². The van der Waals surface area contributed by atoms with Gasteiger partial charge in [-0.25, -0.2) is 0 Å². The van der Waals surface area contributed by atoms with Crippen LogP contribution in [0, 0.1) is 0 Å². The van der Waals surface area contributed by atoms with Crippen molar-refractivity contribution in [2.45, 2.75) is 30.9 Å². The van der Waals surface area contributed by atoms with Crippen molar-refractivity contribution in [2.24, 2.45) is 4.99 Å². The predicted molar refractivity (Wildman–Crippen MR) is 103 cm³/mol. The fourth-order valence-electron chi connectivity index (χ4n) is 1.52. The van der Waals surface area contributed by atoms with Crippen LogP contribution >= 0.6 is 35.7 Å². The van der Waals surface area contributed by atoms with Gasteiger partial charge >= 0.3 is 0 Å². The van der Waals surface area contributed by atoms with Gasteiger partial charge in [-0.1, -0.05) is 12.1 Å². The Hall–Kier alpha value is -0.470. The van der Waals surface area contributed by atoms with Gasteiger partial charge in [0.15, 0.2) is 5.96 Å². The second-order valence-corrected chi connectivity index (χ2v) is 5.97. The molecule has 120 valence electrons. The molecule has 0 aliphatic heterocycles. The summed E-state index contributed by atoms with van der Waals surface area (Å²) in [6, 6.07) is 8.52. The first-order valence-electron chi connectivity index (χ1n) is 6.63. The summed E-state index contributed by atoms with van der Waals surface area (Å²) in [5.41, 5.74) is 1.02. The quantitative estimate of drug-likeness (QED) is 0.320. The van der Waals surface area contributed by atoms with Crippen LogP contribution in [0.5, 0.6) is 0 Å². The molecule has 0 aliphatic rings. The number of aliphatic imine (C=N–C) groups is 1. The predicted octanol–water partition coefficient (Wildman–Crippen LogP) is 3.12. The summed E-state index contributed by atoms with van der Waals surface area (Å²) in [6.45, 7) is 5.53. The number of halogens is 1. The van der Waals surface area contributed by atoms with E-state index in [0.29, 0.717) is 6.54 Å². The van der Waals surface area contributed by atoms with Gasteiger partial charge in [0.1, 0.15) is 0 Å². The highest BCUT2D eigenvalue weighted by atomic mass is 127. The number of hydrogen-bond donors (Lipinski definition) is 2. The van der Waals surface area contributed by atoms with E-state index in [4.69, 9.17) is 4.74 Å². The molecule has 0 saturated heterocycles. The van der Waals surface area contributed by atoms with Crippen molar-refractivity contribution in [3.05, 3.63) is 29.8 Å². The number of rotatable bonds is 6. The van der Waals surface area contributed by atoms with E-state index in [0.717, 1.165) is 12.5 Å². The van der Waals surface area contributed by atoms with E-state index in [1.165, 1.54) is 10.5 Å². The van der Waals surface area contributed by atoms with E-state index in [1.54, 1.807) is 25.9 Å². The van der Waals surface area contributed by atoms with Crippen molar-refractivity contribution in [3.63, 3.8) is 0 Å². The second kappa shape index (κ2) is 10.3. The number of nitrogens with one attached hydrogen (secondary N) is 2. The molecule has 4 nitrogen and oxygen atoms in total. The largest absolute Gasteiger partial charge is 0.377 e. The van der Waals surface area contributed by atoms with E-state index in [2.05, 4.69) is 46.1 Å². The lowest BCUT2D eigenvalue weighted by Crippen LogP contribution is -2.45. The van der Waals surface area contributed by atoms with Crippen molar-refractivity contribution < 1.29 is 4.74 Å². The summed E-state index contributed by atoms with van der Waals surface area (Å²) >= 11 is 1.75. The first-order chi connectivity index (χ1) is 9.50. The van der Waals surface area contributed by atoms with E-state index in [9.17, 15) is 0 Å².